The molecule has 0 aromatic heterocycles. The van der Waals surface area contributed by atoms with Crippen LogP contribution in [-0.2, 0) is 35.4 Å². The fourth-order valence-electron chi connectivity index (χ4n) is 3.27. The summed E-state index contributed by atoms with van der Waals surface area (Å²) in [4.78, 5) is 12.8. The number of halogens is 14. The molecule has 34 heavy (non-hydrogen) atoms. The number of ketones is 1. The van der Waals surface area contributed by atoms with E-state index in [1.165, 1.54) is 0 Å². The maximum Gasteiger partial charge on any atom is 0.417 e. The van der Waals surface area contributed by atoms with Gasteiger partial charge in [0.15, 0.2) is 5.78 Å². The topological polar surface area (TPSA) is 17.1 Å². The minimum atomic E-state index is -5.89. The zero-order chi connectivity index (χ0) is 26.4. The van der Waals surface area contributed by atoms with Crippen molar-refractivity contribution in [2.45, 2.75) is 35.4 Å². The molecule has 0 spiro atoms. The lowest BCUT2D eigenvalue weighted by molar-refractivity contribution is -0.163. The molecule has 1 nitrogen and oxygen atoms in total. The minimum Gasteiger partial charge on any atom is -0.289 e. The zero-order valence-electron chi connectivity index (χ0n) is 15.9. The molecule has 0 radical (unpaired) electrons. The molecule has 2 rings (SSSR count). The van der Waals surface area contributed by atoms with Crippen LogP contribution in [0.15, 0.2) is 24.3 Å². The molecule has 0 aliphatic carbocycles. The van der Waals surface area contributed by atoms with Crippen LogP contribution in [0.5, 0.6) is 0 Å². The molecule has 15 heteroatoms. The normalized spacial score (nSPS) is 13.4. The van der Waals surface area contributed by atoms with Gasteiger partial charge in [0, 0.05) is 21.8 Å². The summed E-state index contributed by atoms with van der Waals surface area (Å²) in [6.45, 7) is 0. The van der Waals surface area contributed by atoms with E-state index in [2.05, 4.69) is 31.9 Å². The number of hydrogen-bond donors (Lipinski definition) is 0. The van der Waals surface area contributed by atoms with Crippen LogP contribution in [-0.4, -0.2) is 5.78 Å². The number of carbonyl (C=O) groups is 1. The maximum atomic E-state index is 13.7. The van der Waals surface area contributed by atoms with Gasteiger partial charge in [0.25, 0.3) is 0 Å². The molecule has 0 fully saturated rings. The molecule has 0 saturated carbocycles. The largest absolute Gasteiger partial charge is 0.417 e. The highest BCUT2D eigenvalue weighted by Crippen LogP contribution is 2.48. The second-order valence-electron chi connectivity index (χ2n) is 6.63. The summed E-state index contributed by atoms with van der Waals surface area (Å²) < 4.78 is 163. The van der Waals surface area contributed by atoms with Gasteiger partial charge in [0.05, 0.1) is 22.3 Å². The van der Waals surface area contributed by atoms with Crippen LogP contribution >= 0.6 is 31.9 Å². The van der Waals surface area contributed by atoms with Crippen molar-refractivity contribution in [3.63, 3.8) is 0 Å². The predicted molar refractivity (Wildman–Crippen MR) is 102 cm³/mol. The van der Waals surface area contributed by atoms with Crippen molar-refractivity contribution in [1.29, 1.82) is 0 Å². The van der Waals surface area contributed by atoms with Gasteiger partial charge in [-0.15, -0.1) is 0 Å². The molecule has 2 aromatic carbocycles. The molecule has 0 atom stereocenters. The fraction of sp³-hybridized carbons (Fsp3) is 0.316. The van der Waals surface area contributed by atoms with E-state index in [9.17, 15) is 57.5 Å². The number of benzene rings is 2. The second-order valence-corrected chi connectivity index (χ2v) is 7.75. The third-order valence-electron chi connectivity index (χ3n) is 4.49. The number of hydrogen-bond acceptors (Lipinski definition) is 1. The highest BCUT2D eigenvalue weighted by atomic mass is 79.9. The van der Waals surface area contributed by atoms with Crippen molar-refractivity contribution in [2.75, 3.05) is 0 Å². The predicted octanol–water partition coefficient (Wildman–Crippen LogP) is 8.78. The summed E-state index contributed by atoms with van der Waals surface area (Å²) in [5, 5.41) is -1.54. The molecule has 0 heterocycles. The van der Waals surface area contributed by atoms with Gasteiger partial charge in [0.2, 0.25) is 0 Å². The highest BCUT2D eigenvalue weighted by molar-refractivity contribution is 9.08. The van der Waals surface area contributed by atoms with Crippen LogP contribution in [0.3, 0.4) is 0 Å². The summed E-state index contributed by atoms with van der Waals surface area (Å²) in [5.74, 6) is -2.31. The van der Waals surface area contributed by atoms with Crippen molar-refractivity contribution >= 4 is 37.6 Å². The Morgan fingerprint density at radius 3 is 1.00 bits per heavy atom. The first-order chi connectivity index (χ1) is 15.3. The van der Waals surface area contributed by atoms with E-state index in [-0.39, 0.29) is 12.1 Å². The van der Waals surface area contributed by atoms with Crippen LogP contribution in [0.2, 0.25) is 0 Å². The molecular weight excluding hydrogens is 632 g/mol. The molecule has 0 aliphatic rings. The smallest absolute Gasteiger partial charge is 0.289 e. The van der Waals surface area contributed by atoms with E-state index in [1.54, 1.807) is 0 Å². The summed E-state index contributed by atoms with van der Waals surface area (Å²) >= 11 is 5.13. The van der Waals surface area contributed by atoms with E-state index < -0.39 is 85.7 Å². The van der Waals surface area contributed by atoms with Crippen molar-refractivity contribution in [3.8, 4) is 0 Å². The Bertz CT molecular complexity index is 1010. The van der Waals surface area contributed by atoms with Gasteiger partial charge in [0.1, 0.15) is 0 Å². The van der Waals surface area contributed by atoms with Crippen LogP contribution < -0.4 is 0 Å². The molecule has 188 valence electrons. The van der Waals surface area contributed by atoms with Gasteiger partial charge in [-0.25, -0.2) is 0 Å². The molecule has 0 bridgehead atoms. The van der Waals surface area contributed by atoms with Gasteiger partial charge in [-0.2, -0.15) is 52.7 Å². The van der Waals surface area contributed by atoms with Gasteiger partial charge in [-0.05, 0) is 11.1 Å². The Balaban J connectivity index is 3.05. The van der Waals surface area contributed by atoms with Crippen LogP contribution in [0.4, 0.5) is 52.7 Å². The highest BCUT2D eigenvalue weighted by Gasteiger charge is 2.50. The van der Waals surface area contributed by atoms with E-state index in [0.29, 0.717) is 12.1 Å². The average Bonchev–Trinajstić information content (AvgIpc) is 2.68. The first-order valence-corrected chi connectivity index (χ1v) is 10.8. The number of carbonyl (C=O) groups excluding carboxylic acids is 1. The third-order valence-corrected chi connectivity index (χ3v) is 5.70. The Morgan fingerprint density at radius 1 is 0.529 bits per heavy atom. The van der Waals surface area contributed by atoms with Gasteiger partial charge in [-0.1, -0.05) is 56.1 Å². The van der Waals surface area contributed by atoms with Gasteiger partial charge < -0.3 is 0 Å². The van der Waals surface area contributed by atoms with E-state index in [1.807, 2.05) is 0 Å². The van der Waals surface area contributed by atoms with E-state index >= 15 is 0 Å². The summed E-state index contributed by atoms with van der Waals surface area (Å²) in [6.07, 6.45) is -23.2. The zero-order valence-corrected chi connectivity index (χ0v) is 19.1. The SMILES string of the molecule is O=C(c1ccc(CBr)c(C(F)(F)F)c1C(F)(F)F)c1ccc(CBr)c(C(F)(F)F)c1C(F)(F)F. The van der Waals surface area contributed by atoms with Gasteiger partial charge >= 0.3 is 24.7 Å². The summed E-state index contributed by atoms with van der Waals surface area (Å²) in [7, 11) is 0. The van der Waals surface area contributed by atoms with Crippen LogP contribution in [0.25, 0.3) is 0 Å². The first-order valence-electron chi connectivity index (χ1n) is 8.53. The summed E-state index contributed by atoms with van der Waals surface area (Å²) in [6, 6.07) is 1.24. The van der Waals surface area contributed by atoms with Crippen molar-refractivity contribution in [2.24, 2.45) is 0 Å². The Kier molecular flexibility index (Phi) is 7.83. The molecule has 0 amide bonds. The maximum absolute atomic E-state index is 13.7. The minimum absolute atomic E-state index is 0.197. The van der Waals surface area contributed by atoms with Crippen LogP contribution in [0, 0.1) is 0 Å². The molecule has 0 unspecified atom stereocenters. The molecule has 2 aromatic rings. The second kappa shape index (κ2) is 9.36. The lowest BCUT2D eigenvalue weighted by Crippen LogP contribution is -2.26. The number of alkyl halides is 14. The van der Waals surface area contributed by atoms with Gasteiger partial charge in [-0.3, -0.25) is 4.79 Å². The molecule has 0 N–H and O–H groups in total. The monoisotopic (exact) mass is 638 g/mol. The van der Waals surface area contributed by atoms with Crippen molar-refractivity contribution < 1.29 is 57.5 Å². The number of rotatable bonds is 4. The Labute approximate surface area is 199 Å². The van der Waals surface area contributed by atoms with E-state index in [4.69, 9.17) is 0 Å². The van der Waals surface area contributed by atoms with E-state index in [0.717, 1.165) is 0 Å². The molecular formula is C19H8Br2F12O. The third kappa shape index (κ3) is 5.55. The first kappa shape index (κ1) is 28.5. The summed E-state index contributed by atoms with van der Waals surface area (Å²) in [5.41, 5.74) is -15.6. The standard InChI is InChI=1S/C19H8Br2F12O/c20-5-7-1-3-9(13(18(28,29)30)11(7)16(22,23)24)15(34)10-4-2-8(6-21)12(17(25,26)27)14(10)19(31,32)33/h1-4H,5-6H2. The Hall–Kier alpha value is -1.77. The fourth-order valence-corrected chi connectivity index (χ4v) is 4.21. The Morgan fingerprint density at radius 2 is 0.794 bits per heavy atom. The van der Waals surface area contributed by atoms with Crippen molar-refractivity contribution in [3.05, 3.63) is 68.8 Å². The average molecular weight is 640 g/mol. The molecule has 0 aliphatic heterocycles. The van der Waals surface area contributed by atoms with Crippen molar-refractivity contribution in [1.82, 2.24) is 0 Å². The van der Waals surface area contributed by atoms with Crippen LogP contribution in [0.1, 0.15) is 49.3 Å². The lowest BCUT2D eigenvalue weighted by Gasteiger charge is -2.24. The molecule has 0 saturated heterocycles. The quantitative estimate of drug-likeness (QED) is 0.186. The lowest BCUT2D eigenvalue weighted by atomic mass is 9.87.